The van der Waals surface area contributed by atoms with Crippen molar-refractivity contribution in [2.24, 2.45) is 5.41 Å². The van der Waals surface area contributed by atoms with Crippen molar-refractivity contribution in [2.75, 3.05) is 4.90 Å². The molecule has 3 atom stereocenters. The predicted molar refractivity (Wildman–Crippen MR) is 91.7 cm³/mol. The smallest absolute Gasteiger partial charge is 0.102 e. The van der Waals surface area contributed by atoms with E-state index in [9.17, 15) is 0 Å². The van der Waals surface area contributed by atoms with Crippen molar-refractivity contribution in [1.29, 1.82) is 0 Å². The van der Waals surface area contributed by atoms with Gasteiger partial charge >= 0.3 is 0 Å². The Morgan fingerprint density at radius 2 is 1.52 bits per heavy atom. The van der Waals surface area contributed by atoms with Gasteiger partial charge in [0.25, 0.3) is 0 Å². The lowest BCUT2D eigenvalue weighted by molar-refractivity contribution is 0.271. The highest BCUT2D eigenvalue weighted by Gasteiger charge is 2.53. The van der Waals surface area contributed by atoms with Crippen LogP contribution in [-0.2, 0) is 0 Å². The summed E-state index contributed by atoms with van der Waals surface area (Å²) < 4.78 is 0. The third-order valence-electron chi connectivity index (χ3n) is 5.23. The summed E-state index contributed by atoms with van der Waals surface area (Å²) in [5.41, 5.74) is 4.63. The lowest BCUT2D eigenvalue weighted by Gasteiger charge is -2.50. The molecule has 0 saturated carbocycles. The largest absolute Gasteiger partial charge is 0.348 e. The molecule has 21 heavy (non-hydrogen) atoms. The third-order valence-corrected chi connectivity index (χ3v) is 6.98. The fourth-order valence-corrected chi connectivity index (χ4v) is 5.40. The van der Waals surface area contributed by atoms with Gasteiger partial charge in [0.1, 0.15) is 5.37 Å². The number of anilines is 1. The standard InChI is InChI=1S/C19H21NS/c1-13-19(2,3)17-15-11-7-8-12-16(15)18(21-13)20(17)14-9-5-4-6-10-14/h4-13,17-18H,1-3H3. The Kier molecular flexibility index (Phi) is 2.87. The summed E-state index contributed by atoms with van der Waals surface area (Å²) in [5, 5.41) is 1.11. The molecule has 0 aliphatic carbocycles. The molecule has 2 aliphatic rings. The third kappa shape index (κ3) is 1.78. The zero-order valence-corrected chi connectivity index (χ0v) is 13.6. The van der Waals surface area contributed by atoms with Crippen LogP contribution in [0.15, 0.2) is 54.6 Å². The Bertz CT molecular complexity index is 664. The molecule has 0 N–H and O–H groups in total. The number of hydrogen-bond donors (Lipinski definition) is 0. The number of nitrogens with zero attached hydrogens (tertiary/aromatic N) is 1. The van der Waals surface area contributed by atoms with E-state index in [0.29, 0.717) is 16.7 Å². The maximum Gasteiger partial charge on any atom is 0.102 e. The van der Waals surface area contributed by atoms with Gasteiger partial charge in [0.05, 0.1) is 6.04 Å². The second kappa shape index (κ2) is 4.54. The Labute approximate surface area is 131 Å². The highest BCUT2D eigenvalue weighted by atomic mass is 32.2. The van der Waals surface area contributed by atoms with Crippen LogP contribution in [0.4, 0.5) is 5.69 Å². The molecular weight excluding hydrogens is 274 g/mol. The molecule has 108 valence electrons. The van der Waals surface area contributed by atoms with E-state index in [4.69, 9.17) is 0 Å². The summed E-state index contributed by atoms with van der Waals surface area (Å²) in [7, 11) is 0. The first kappa shape index (κ1) is 13.3. The Morgan fingerprint density at radius 1 is 0.905 bits per heavy atom. The van der Waals surface area contributed by atoms with Crippen LogP contribution in [0.3, 0.4) is 0 Å². The van der Waals surface area contributed by atoms with Crippen molar-refractivity contribution in [3.63, 3.8) is 0 Å². The highest BCUT2D eigenvalue weighted by Crippen LogP contribution is 2.64. The van der Waals surface area contributed by atoms with Crippen LogP contribution in [0.5, 0.6) is 0 Å². The molecule has 3 unspecified atom stereocenters. The Hall–Kier alpha value is -1.41. The minimum atomic E-state index is 0.254. The van der Waals surface area contributed by atoms with Crippen molar-refractivity contribution in [3.05, 3.63) is 65.7 Å². The van der Waals surface area contributed by atoms with Crippen molar-refractivity contribution >= 4 is 17.4 Å². The quantitative estimate of drug-likeness (QED) is 0.692. The molecule has 4 rings (SSSR count). The van der Waals surface area contributed by atoms with Crippen LogP contribution in [0.1, 0.15) is 43.3 Å². The van der Waals surface area contributed by atoms with Gasteiger partial charge < -0.3 is 4.90 Å². The van der Waals surface area contributed by atoms with E-state index in [1.165, 1.54) is 16.8 Å². The van der Waals surface area contributed by atoms with E-state index < -0.39 is 0 Å². The van der Waals surface area contributed by atoms with E-state index >= 15 is 0 Å². The second-order valence-electron chi connectivity index (χ2n) is 6.73. The monoisotopic (exact) mass is 295 g/mol. The van der Waals surface area contributed by atoms with E-state index in [0.717, 1.165) is 0 Å². The number of fused-ring (bicyclic) bond motifs is 5. The maximum atomic E-state index is 2.63. The summed E-state index contributed by atoms with van der Waals surface area (Å²) in [6, 6.07) is 20.4. The van der Waals surface area contributed by atoms with Crippen molar-refractivity contribution < 1.29 is 0 Å². The Morgan fingerprint density at radius 3 is 2.24 bits per heavy atom. The normalized spacial score (nSPS) is 29.3. The van der Waals surface area contributed by atoms with Crippen LogP contribution < -0.4 is 4.90 Å². The summed E-state index contributed by atoms with van der Waals surface area (Å²) in [4.78, 5) is 2.63. The van der Waals surface area contributed by atoms with Gasteiger partial charge in [-0.05, 0) is 23.3 Å². The molecule has 0 spiro atoms. The molecule has 2 aromatic rings. The molecule has 1 saturated heterocycles. The van der Waals surface area contributed by atoms with Crippen LogP contribution in [-0.4, -0.2) is 5.25 Å². The van der Waals surface area contributed by atoms with E-state index in [1.54, 1.807) is 0 Å². The first-order chi connectivity index (χ1) is 10.1. The van der Waals surface area contributed by atoms with Gasteiger partial charge in [0, 0.05) is 16.4 Å². The number of benzene rings is 2. The minimum Gasteiger partial charge on any atom is -0.348 e. The van der Waals surface area contributed by atoms with Crippen molar-refractivity contribution in [3.8, 4) is 0 Å². The summed E-state index contributed by atoms with van der Waals surface area (Å²) >= 11 is 2.11. The fraction of sp³-hybridized carbons (Fsp3) is 0.368. The van der Waals surface area contributed by atoms with Crippen LogP contribution in [0.25, 0.3) is 0 Å². The molecule has 2 bridgehead atoms. The second-order valence-corrected chi connectivity index (χ2v) is 8.15. The highest BCUT2D eigenvalue weighted by molar-refractivity contribution is 8.00. The molecule has 0 aromatic heterocycles. The SMILES string of the molecule is CC1SC2c3ccccc3C(N2c2ccccc2)C1(C)C. The van der Waals surface area contributed by atoms with Crippen LogP contribution >= 0.6 is 11.8 Å². The average molecular weight is 295 g/mol. The summed E-state index contributed by atoms with van der Waals surface area (Å²) in [6.07, 6.45) is 0. The molecule has 1 nitrogen and oxygen atoms in total. The maximum absolute atomic E-state index is 2.63. The zero-order chi connectivity index (χ0) is 14.6. The summed E-state index contributed by atoms with van der Waals surface area (Å²) in [6.45, 7) is 7.23. The molecule has 2 aromatic carbocycles. The lowest BCUT2D eigenvalue weighted by Crippen LogP contribution is -2.44. The van der Waals surface area contributed by atoms with Gasteiger partial charge in [-0.2, -0.15) is 0 Å². The van der Waals surface area contributed by atoms with Crippen LogP contribution in [0, 0.1) is 5.41 Å². The zero-order valence-electron chi connectivity index (χ0n) is 12.8. The topological polar surface area (TPSA) is 3.24 Å². The van der Waals surface area contributed by atoms with Gasteiger partial charge in [-0.15, -0.1) is 11.8 Å². The first-order valence-electron chi connectivity index (χ1n) is 7.68. The average Bonchev–Trinajstić information content (AvgIpc) is 2.79. The molecule has 2 aliphatic heterocycles. The van der Waals surface area contributed by atoms with Crippen molar-refractivity contribution in [1.82, 2.24) is 0 Å². The van der Waals surface area contributed by atoms with Gasteiger partial charge in [-0.3, -0.25) is 0 Å². The van der Waals surface area contributed by atoms with E-state index in [1.807, 2.05) is 0 Å². The lowest BCUT2D eigenvalue weighted by atomic mass is 9.77. The molecule has 0 radical (unpaired) electrons. The number of hydrogen-bond acceptors (Lipinski definition) is 2. The number of para-hydroxylation sites is 1. The van der Waals surface area contributed by atoms with Crippen LogP contribution in [0.2, 0.25) is 0 Å². The molecule has 2 heteroatoms. The predicted octanol–water partition coefficient (Wildman–Crippen LogP) is 5.41. The Balaban J connectivity index is 1.92. The van der Waals surface area contributed by atoms with Crippen molar-refractivity contribution in [2.45, 2.75) is 37.4 Å². The molecular formula is C19H21NS. The first-order valence-corrected chi connectivity index (χ1v) is 8.62. The van der Waals surface area contributed by atoms with Gasteiger partial charge in [0.15, 0.2) is 0 Å². The molecule has 1 fully saturated rings. The fourth-order valence-electron chi connectivity index (χ4n) is 3.79. The number of rotatable bonds is 1. The summed E-state index contributed by atoms with van der Waals surface area (Å²) in [5.74, 6) is 0. The van der Waals surface area contributed by atoms with E-state index in [-0.39, 0.29) is 5.41 Å². The molecule has 2 heterocycles. The van der Waals surface area contributed by atoms with Gasteiger partial charge in [-0.1, -0.05) is 63.2 Å². The minimum absolute atomic E-state index is 0.254. The van der Waals surface area contributed by atoms with E-state index in [2.05, 4.69) is 92.0 Å². The van der Waals surface area contributed by atoms with Gasteiger partial charge in [-0.25, -0.2) is 0 Å². The van der Waals surface area contributed by atoms with Gasteiger partial charge in [0.2, 0.25) is 0 Å². The molecule has 0 amide bonds. The number of thioether (sulfide) groups is 1.